The minimum atomic E-state index is -2.12. The summed E-state index contributed by atoms with van der Waals surface area (Å²) in [6.45, 7) is 0.00300. The number of nitrogens with one attached hydrogen (secondary N) is 2. The number of carbonyl (C=O) groups is 8. The molecule has 30 heteroatoms. The van der Waals surface area contributed by atoms with Crippen molar-refractivity contribution in [1.82, 2.24) is 10.6 Å². The molecule has 0 bridgehead atoms. The van der Waals surface area contributed by atoms with Gasteiger partial charge in [0.25, 0.3) is 0 Å². The van der Waals surface area contributed by atoms with Gasteiger partial charge in [-0.05, 0) is 88.5 Å². The fraction of sp³-hybridized carbons (Fsp3) is 0.347. The van der Waals surface area contributed by atoms with Crippen LogP contribution in [-0.4, -0.2) is 212 Å². The first-order chi connectivity index (χ1) is 60.9. The molecule has 13 rings (SSSR count). The summed E-state index contributed by atoms with van der Waals surface area (Å²) >= 11 is 0. The van der Waals surface area contributed by atoms with Crippen molar-refractivity contribution in [1.29, 1.82) is 0 Å². The minimum absolute atomic E-state index is 0.00247. The van der Waals surface area contributed by atoms with Crippen LogP contribution >= 0.6 is 0 Å². The van der Waals surface area contributed by atoms with E-state index in [0.29, 0.717) is 33.6 Å². The molecule has 2 amide bonds. The third-order valence-corrected chi connectivity index (χ3v) is 21.0. The first kappa shape index (κ1) is 90.7. The van der Waals surface area contributed by atoms with Gasteiger partial charge in [-0.15, -0.1) is 0 Å². The molecule has 0 radical (unpaired) electrons. The Kier molecular flexibility index (Phi) is 32.7. The van der Waals surface area contributed by atoms with Gasteiger partial charge in [0.2, 0.25) is 11.8 Å². The van der Waals surface area contributed by atoms with Gasteiger partial charge in [0, 0.05) is 21.0 Å². The Bertz CT molecular complexity index is 4920. The number of hydrogen-bond acceptors (Lipinski definition) is 28. The number of amides is 2. The normalized spacial score (nSPS) is 25.8. The summed E-state index contributed by atoms with van der Waals surface area (Å²) in [4.78, 5) is 118. The maximum absolute atomic E-state index is 15.6. The maximum atomic E-state index is 15.6. The van der Waals surface area contributed by atoms with E-state index in [1.165, 1.54) is 64.5 Å². The number of benzene rings is 9. The Morgan fingerprint density at radius 2 is 0.592 bits per heavy atom. The molecule has 9 aromatic rings. The molecule has 125 heavy (non-hydrogen) atoms. The van der Waals surface area contributed by atoms with Crippen molar-refractivity contribution < 1.29 is 133 Å². The van der Waals surface area contributed by atoms with E-state index in [1.807, 2.05) is 12.1 Å². The maximum Gasteiger partial charge on any atom is 0.338 e. The molecule has 4 aliphatic heterocycles. The van der Waals surface area contributed by atoms with Gasteiger partial charge >= 0.3 is 35.8 Å². The van der Waals surface area contributed by atoms with E-state index in [4.69, 9.17) is 94.7 Å². The summed E-state index contributed by atoms with van der Waals surface area (Å²) in [5, 5.41) is 5.84. The van der Waals surface area contributed by atoms with Gasteiger partial charge in [-0.25, -0.2) is 28.8 Å². The predicted molar refractivity (Wildman–Crippen MR) is 442 cm³/mol. The largest absolute Gasteiger partial charge is 0.497 e. The van der Waals surface area contributed by atoms with Gasteiger partial charge in [-0.2, -0.15) is 0 Å². The topological polar surface area (TPSA) is 345 Å². The average molecular weight is 1720 g/mol. The van der Waals surface area contributed by atoms with Crippen LogP contribution in [0.4, 0.5) is 0 Å². The SMILES string of the molecule is COC(=O)[C@H]1O[C@@H](O[C@@H]2[C@@H](NC(C)=O)[C@H](O[C@H]3[C@H](OCc4ccccc4)[C@@H](OC(=O)c4ccccc4)[C@H](O[C@@H]4[C@@H](NC(C)=O)[C@H](OC)O[C@H](COC(=O)c5ccccc5)[C@@H]4OCc4ccccc4)O[C@@H]3C(=O)OC)O[C@H](COC(=O)c3ccccc3)[C@@H]2OCc2ccccc2)[C@H](OC(=O)c2ccccc2)[C@@H](OCc2ccccc2)[C@@H]1OCc1ccc(OC)cc1. The second kappa shape index (κ2) is 45.1. The molecule has 9 aromatic carbocycles. The zero-order chi connectivity index (χ0) is 87.6. The van der Waals surface area contributed by atoms with Crippen LogP contribution in [0.5, 0.6) is 5.75 Å². The van der Waals surface area contributed by atoms with Crippen molar-refractivity contribution in [2.45, 2.75) is 170 Å². The first-order valence-corrected chi connectivity index (χ1v) is 40.6. The quantitative estimate of drug-likeness (QED) is 0.0270. The van der Waals surface area contributed by atoms with Crippen molar-refractivity contribution in [3.63, 3.8) is 0 Å². The standard InChI is InChI=1S/C95H98N2O28/c1-58(98)96-72-76(74(110-51-60-31-15-7-16-32-60)70(117-92(72)109-6)56-115-86(100)65-39-23-11-24-40-65)121-95-85(120-89(103)68-45-29-14-30-46-68)80(114-54-63-37-21-10-22-38-63)81(83(125-95)91(105)108-5)123-93-73(97-59(2)99)77(75(111-52-61-33-17-8-18-34-61)71(118-93)57-116-87(101)66-41-25-12-26-42-66)122-94-84(119-88(102)67-43-27-13-28-44-67)79(113-53-62-35-19-9-20-36-62)78(82(124-94)90(104)107-4)112-55-64-47-49-69(106-3)50-48-64/h7-50,70-85,92-95H,51-57H2,1-6H3,(H,96,98)(H,97,99)/t70-,71-,72-,73-,74+,75+,76-,77-,78+,79+,80+,81+,82+,83+,84-,85-,92-,93+,94-,95-/m1/s1. The summed E-state index contributed by atoms with van der Waals surface area (Å²) in [6, 6.07) is 71.3. The molecule has 0 saturated carbocycles. The Morgan fingerprint density at radius 3 is 0.936 bits per heavy atom. The zero-order valence-corrected chi connectivity index (χ0v) is 69.3. The van der Waals surface area contributed by atoms with E-state index in [2.05, 4.69) is 10.6 Å². The van der Waals surface area contributed by atoms with Crippen LogP contribution in [0.15, 0.2) is 267 Å². The highest BCUT2D eigenvalue weighted by Crippen LogP contribution is 2.41. The predicted octanol–water partition coefficient (Wildman–Crippen LogP) is 10.1. The van der Waals surface area contributed by atoms with Gasteiger partial charge in [-0.3, -0.25) is 9.59 Å². The van der Waals surface area contributed by atoms with Gasteiger partial charge in [-0.1, -0.05) is 206 Å². The Labute approximate surface area is 721 Å². The molecule has 0 aliphatic carbocycles. The van der Waals surface area contributed by atoms with Crippen molar-refractivity contribution in [3.05, 3.63) is 317 Å². The monoisotopic (exact) mass is 1710 g/mol. The van der Waals surface area contributed by atoms with Crippen LogP contribution in [0, 0.1) is 0 Å². The second-order valence-corrected chi connectivity index (χ2v) is 29.5. The molecule has 2 N–H and O–H groups in total. The molecule has 0 aromatic heterocycles. The number of ether oxygens (including phenoxy) is 20. The van der Waals surface area contributed by atoms with Crippen LogP contribution in [0.25, 0.3) is 0 Å². The van der Waals surface area contributed by atoms with E-state index in [-0.39, 0.29) is 55.3 Å². The van der Waals surface area contributed by atoms with Gasteiger partial charge < -0.3 is 105 Å². The zero-order valence-electron chi connectivity index (χ0n) is 69.3. The molecule has 656 valence electrons. The second-order valence-electron chi connectivity index (χ2n) is 29.5. The number of rotatable bonds is 37. The van der Waals surface area contributed by atoms with Crippen molar-refractivity contribution >= 4 is 47.6 Å². The van der Waals surface area contributed by atoms with Crippen molar-refractivity contribution in [2.24, 2.45) is 0 Å². The average Bonchev–Trinajstić information content (AvgIpc) is 0.754. The summed E-state index contributed by atoms with van der Waals surface area (Å²) < 4.78 is 133. The molecule has 4 heterocycles. The summed E-state index contributed by atoms with van der Waals surface area (Å²) in [5.74, 6) is -6.56. The van der Waals surface area contributed by atoms with Crippen LogP contribution in [0.2, 0.25) is 0 Å². The molecule has 4 aliphatic rings. The van der Waals surface area contributed by atoms with Crippen LogP contribution in [0.3, 0.4) is 0 Å². The minimum Gasteiger partial charge on any atom is -0.497 e. The molecule has 0 unspecified atom stereocenters. The lowest BCUT2D eigenvalue weighted by Crippen LogP contribution is -2.71. The first-order valence-electron chi connectivity index (χ1n) is 40.6. The van der Waals surface area contributed by atoms with Crippen molar-refractivity contribution in [2.75, 3.05) is 41.7 Å². The van der Waals surface area contributed by atoms with E-state index in [0.717, 1.165) is 14.2 Å². The molecule has 20 atom stereocenters. The molecule has 30 nitrogen and oxygen atoms in total. The van der Waals surface area contributed by atoms with Crippen LogP contribution < -0.4 is 15.4 Å². The molecule has 4 fully saturated rings. The lowest BCUT2D eigenvalue weighted by Gasteiger charge is -2.52. The fourth-order valence-electron chi connectivity index (χ4n) is 14.9. The van der Waals surface area contributed by atoms with Gasteiger partial charge in [0.1, 0.15) is 92.1 Å². The number of esters is 6. The fourth-order valence-corrected chi connectivity index (χ4v) is 14.9. The van der Waals surface area contributed by atoms with E-state index in [1.54, 1.807) is 218 Å². The highest BCUT2D eigenvalue weighted by Gasteiger charge is 2.62. The Morgan fingerprint density at radius 1 is 0.296 bits per heavy atom. The number of carbonyl (C=O) groups excluding carboxylic acids is 8. The highest BCUT2D eigenvalue weighted by atomic mass is 16.8. The van der Waals surface area contributed by atoms with Gasteiger partial charge in [0.15, 0.2) is 49.6 Å². The Balaban J connectivity index is 0.975. The number of hydrogen-bond donors (Lipinski definition) is 2. The van der Waals surface area contributed by atoms with E-state index >= 15 is 14.4 Å². The van der Waals surface area contributed by atoms with Crippen LogP contribution in [-0.2, 0) is 142 Å². The van der Waals surface area contributed by atoms with E-state index < -0.39 is 184 Å². The highest BCUT2D eigenvalue weighted by molar-refractivity contribution is 5.91. The Hall–Kier alpha value is -12.0. The lowest BCUT2D eigenvalue weighted by atomic mass is 9.93. The van der Waals surface area contributed by atoms with Gasteiger partial charge in [0.05, 0.1) is 76.6 Å². The van der Waals surface area contributed by atoms with E-state index in [9.17, 15) is 24.0 Å². The lowest BCUT2D eigenvalue weighted by molar-refractivity contribution is -0.376. The molecular weight excluding hydrogens is 1620 g/mol. The molecule has 0 spiro atoms. The summed E-state index contributed by atoms with van der Waals surface area (Å²) in [7, 11) is 5.02. The smallest absolute Gasteiger partial charge is 0.338 e. The number of methoxy groups -OCH3 is 4. The summed E-state index contributed by atoms with van der Waals surface area (Å²) in [5.41, 5.74) is 3.37. The summed E-state index contributed by atoms with van der Waals surface area (Å²) in [6.07, 6.45) is -31.6. The third-order valence-electron chi connectivity index (χ3n) is 21.0. The molecule has 4 saturated heterocycles. The van der Waals surface area contributed by atoms with Crippen LogP contribution in [0.1, 0.15) is 83.1 Å². The van der Waals surface area contributed by atoms with Crippen molar-refractivity contribution in [3.8, 4) is 5.75 Å². The third kappa shape index (κ3) is 24.1. The molecular formula is C95H98N2O28.